The number of nitrogens with zero attached hydrogens (tertiary/aromatic N) is 2. The Labute approximate surface area is 387 Å². The van der Waals surface area contributed by atoms with Crippen LogP contribution in [0.4, 0.5) is 0 Å². The van der Waals surface area contributed by atoms with Gasteiger partial charge in [0.1, 0.15) is 17.8 Å². The van der Waals surface area contributed by atoms with Gasteiger partial charge in [0.25, 0.3) is 0 Å². The lowest BCUT2D eigenvalue weighted by Crippen LogP contribution is -2.39. The van der Waals surface area contributed by atoms with Gasteiger partial charge in [0.05, 0.1) is 48.3 Å². The highest BCUT2D eigenvalue weighted by Crippen LogP contribution is 2.33. The van der Waals surface area contributed by atoms with Gasteiger partial charge in [0, 0.05) is 54.9 Å². The molecule has 0 saturated carbocycles. The summed E-state index contributed by atoms with van der Waals surface area (Å²) >= 11 is 24.8. The second kappa shape index (κ2) is 23.3. The minimum atomic E-state index is -0.451. The van der Waals surface area contributed by atoms with Gasteiger partial charge in [0.15, 0.2) is 5.75 Å². The van der Waals surface area contributed by atoms with Crippen molar-refractivity contribution in [1.29, 1.82) is 0 Å². The molecule has 4 aromatic carbocycles. The molecule has 13 heteroatoms. The van der Waals surface area contributed by atoms with Gasteiger partial charge in [-0.05, 0) is 88.1 Å². The second-order valence-electron chi connectivity index (χ2n) is 17.2. The third-order valence-corrected chi connectivity index (χ3v) is 11.1. The van der Waals surface area contributed by atoms with Crippen LogP contribution in [-0.4, -0.2) is 85.4 Å². The van der Waals surface area contributed by atoms with E-state index < -0.39 is 11.2 Å². The minimum absolute atomic E-state index is 0.0107. The molecule has 0 spiro atoms. The maximum absolute atomic E-state index is 12.0. The summed E-state index contributed by atoms with van der Waals surface area (Å²) < 4.78 is 28.5. The van der Waals surface area contributed by atoms with Crippen LogP contribution in [-0.2, 0) is 35.1 Å². The number of halogens is 4. The summed E-state index contributed by atoms with van der Waals surface area (Å²) in [7, 11) is 0. The lowest BCUT2D eigenvalue weighted by molar-refractivity contribution is -0.156. The van der Waals surface area contributed by atoms with Gasteiger partial charge in [-0.1, -0.05) is 119 Å². The van der Waals surface area contributed by atoms with Crippen LogP contribution in [0, 0.1) is 0 Å². The van der Waals surface area contributed by atoms with E-state index in [9.17, 15) is 9.59 Å². The van der Waals surface area contributed by atoms with Crippen LogP contribution in [0.2, 0.25) is 20.1 Å². The number of ether oxygens (including phenoxy) is 5. The number of morpholine rings is 2. The highest BCUT2D eigenvalue weighted by atomic mass is 35.5. The summed E-state index contributed by atoms with van der Waals surface area (Å²) in [4.78, 5) is 28.5. The van der Waals surface area contributed by atoms with E-state index >= 15 is 0 Å². The van der Waals surface area contributed by atoms with Crippen molar-refractivity contribution in [2.24, 2.45) is 0 Å². The molecule has 0 radical (unpaired) electrons. The predicted molar refractivity (Wildman–Crippen MR) is 250 cm³/mol. The molecule has 0 N–H and O–H groups in total. The molecule has 2 atom stereocenters. The fraction of sp³-hybridized carbons (Fsp3) is 0.429. The minimum Gasteiger partial charge on any atom is -0.486 e. The van der Waals surface area contributed by atoms with E-state index in [0.29, 0.717) is 71.6 Å². The van der Waals surface area contributed by atoms with E-state index in [1.54, 1.807) is 18.2 Å². The van der Waals surface area contributed by atoms with Crippen LogP contribution >= 0.6 is 46.4 Å². The molecule has 2 unspecified atom stereocenters. The van der Waals surface area contributed by atoms with Crippen molar-refractivity contribution in [2.45, 2.75) is 84.4 Å². The summed E-state index contributed by atoms with van der Waals surface area (Å²) in [6, 6.07) is 27.2. The van der Waals surface area contributed by atoms with E-state index in [2.05, 4.69) is 46.2 Å². The molecule has 0 bridgehead atoms. The van der Waals surface area contributed by atoms with Gasteiger partial charge in [-0.3, -0.25) is 19.4 Å². The lowest BCUT2D eigenvalue weighted by atomic mass is 10.0. The van der Waals surface area contributed by atoms with Gasteiger partial charge in [-0.2, -0.15) is 0 Å². The zero-order chi connectivity index (χ0) is 44.9. The number of hydrogen-bond acceptors (Lipinski definition) is 9. The second-order valence-corrected chi connectivity index (χ2v) is 18.8. The highest BCUT2D eigenvalue weighted by Gasteiger charge is 2.25. The molecule has 0 amide bonds. The topological polar surface area (TPSA) is 86.8 Å². The Bertz CT molecular complexity index is 2060. The number of carbonyl (C=O) groups excluding carboxylic acids is 2. The molecule has 0 aromatic heterocycles. The van der Waals surface area contributed by atoms with Crippen molar-refractivity contribution in [3.05, 3.63) is 133 Å². The van der Waals surface area contributed by atoms with Crippen LogP contribution in [0.1, 0.15) is 94.4 Å². The molecule has 2 aliphatic heterocycles. The maximum Gasteiger partial charge on any atom is 0.307 e. The third-order valence-electron chi connectivity index (χ3n) is 9.81. The maximum atomic E-state index is 12.0. The average Bonchev–Trinajstić information content (AvgIpc) is 3.21. The largest absolute Gasteiger partial charge is 0.486 e. The van der Waals surface area contributed by atoms with Gasteiger partial charge < -0.3 is 23.7 Å². The molecule has 2 fully saturated rings. The molecule has 2 aliphatic rings. The van der Waals surface area contributed by atoms with E-state index in [4.69, 9.17) is 70.1 Å². The average molecular weight is 929 g/mol. The van der Waals surface area contributed by atoms with Crippen molar-refractivity contribution >= 4 is 70.5 Å². The first kappa shape index (κ1) is 49.4. The first-order chi connectivity index (χ1) is 29.4. The Kier molecular flexibility index (Phi) is 18.6. The van der Waals surface area contributed by atoms with Crippen molar-refractivity contribution in [3.63, 3.8) is 0 Å². The summed E-state index contributed by atoms with van der Waals surface area (Å²) in [5.74, 6) is 0.162. The normalized spacial score (nSPS) is 17.6. The van der Waals surface area contributed by atoms with Crippen molar-refractivity contribution < 1.29 is 33.3 Å². The summed E-state index contributed by atoms with van der Waals surface area (Å²) in [6.45, 7) is 17.4. The first-order valence-electron chi connectivity index (χ1n) is 20.9. The first-order valence-corrected chi connectivity index (χ1v) is 22.4. The van der Waals surface area contributed by atoms with E-state index in [0.717, 1.165) is 54.0 Å². The number of para-hydroxylation sites is 1. The van der Waals surface area contributed by atoms with Gasteiger partial charge >= 0.3 is 11.9 Å². The van der Waals surface area contributed by atoms with Crippen LogP contribution in [0.3, 0.4) is 0 Å². The summed E-state index contributed by atoms with van der Waals surface area (Å²) in [5, 5.41) is 2.24. The summed E-state index contributed by atoms with van der Waals surface area (Å²) in [5.41, 5.74) is 4.20. The molecule has 0 aliphatic carbocycles. The fourth-order valence-corrected chi connectivity index (χ4v) is 7.80. The molecule has 2 saturated heterocycles. The Balaban J connectivity index is 0.000000234. The van der Waals surface area contributed by atoms with Gasteiger partial charge in [0.2, 0.25) is 0 Å². The van der Waals surface area contributed by atoms with Gasteiger partial charge in [-0.25, -0.2) is 0 Å². The SMILES string of the molecule is CC(C)(C)OC(=O)CCN1CCOC(c2ccc(C=Cc3c(Cl)cccc3Cl)cc2)C1.CC(C)(C)OC(=O)CCN1CCOC(c2ccc(COc3c(Cl)cccc3Cl)cc2)C1. The summed E-state index contributed by atoms with van der Waals surface area (Å²) in [6.07, 6.45) is 4.65. The van der Waals surface area contributed by atoms with Crippen LogP contribution in [0.5, 0.6) is 5.75 Å². The molecular weight excluding hydrogens is 870 g/mol. The molecule has 6 rings (SSSR count). The molecule has 334 valence electrons. The zero-order valence-corrected chi connectivity index (χ0v) is 39.5. The monoisotopic (exact) mass is 926 g/mol. The Morgan fingerprint density at radius 3 is 1.52 bits per heavy atom. The molecule has 62 heavy (non-hydrogen) atoms. The predicted octanol–water partition coefficient (Wildman–Crippen LogP) is 11.9. The number of rotatable bonds is 13. The van der Waals surface area contributed by atoms with Crippen molar-refractivity contribution in [1.82, 2.24) is 9.80 Å². The van der Waals surface area contributed by atoms with E-state index in [1.807, 2.05) is 84.0 Å². The van der Waals surface area contributed by atoms with Crippen LogP contribution in [0.15, 0.2) is 84.9 Å². The van der Waals surface area contributed by atoms with E-state index in [-0.39, 0.29) is 24.1 Å². The number of esters is 2. The number of benzene rings is 4. The fourth-order valence-electron chi connectivity index (χ4n) is 6.77. The lowest BCUT2D eigenvalue weighted by Gasteiger charge is -2.33. The Morgan fingerprint density at radius 1 is 0.629 bits per heavy atom. The van der Waals surface area contributed by atoms with Gasteiger partial charge in [-0.15, -0.1) is 0 Å². The van der Waals surface area contributed by atoms with Crippen LogP contribution < -0.4 is 4.74 Å². The molecule has 2 heterocycles. The molecule has 9 nitrogen and oxygen atoms in total. The highest BCUT2D eigenvalue weighted by molar-refractivity contribution is 6.37. The molecule has 4 aromatic rings. The zero-order valence-electron chi connectivity index (χ0n) is 36.4. The standard InChI is InChI=1S/C25H29Cl2NO3.C24H29Cl2NO4/c1-25(2,3)31-24(29)13-14-28-15-16-30-23(17-28)19-10-7-18(8-11-19)9-12-20-21(26)5-4-6-22(20)27;1-24(2,3)31-22(28)11-12-27-13-14-29-21(15-27)18-9-7-17(8-10-18)16-30-23-19(25)5-4-6-20(23)26/h4-12,23H,13-17H2,1-3H3;4-10,21H,11-16H2,1-3H3. The van der Waals surface area contributed by atoms with Crippen molar-refractivity contribution in [3.8, 4) is 5.75 Å². The quantitative estimate of drug-likeness (QED) is 0.0961. The Morgan fingerprint density at radius 2 is 1.06 bits per heavy atom. The Hall–Kier alpha value is -3.64. The molecular formula is C49H58Cl4N2O7. The third kappa shape index (κ3) is 16.5. The number of carbonyl (C=O) groups is 2. The van der Waals surface area contributed by atoms with E-state index in [1.165, 1.54) is 0 Å². The van der Waals surface area contributed by atoms with Crippen molar-refractivity contribution in [2.75, 3.05) is 52.5 Å². The number of hydrogen-bond donors (Lipinski definition) is 0. The smallest absolute Gasteiger partial charge is 0.307 e. The van der Waals surface area contributed by atoms with Crippen LogP contribution in [0.25, 0.3) is 12.2 Å².